The lowest BCUT2D eigenvalue weighted by atomic mass is 9.83. The van der Waals surface area contributed by atoms with Crippen molar-refractivity contribution < 1.29 is 10.0 Å². The van der Waals surface area contributed by atoms with Crippen molar-refractivity contribution in [2.45, 2.75) is 39.2 Å². The van der Waals surface area contributed by atoms with Crippen molar-refractivity contribution in [1.29, 1.82) is 0 Å². The van der Waals surface area contributed by atoms with Crippen LogP contribution in [0.5, 0.6) is 0 Å². The quantitative estimate of drug-likeness (QED) is 0.603. The van der Waals surface area contributed by atoms with Crippen molar-refractivity contribution in [1.82, 2.24) is 5.48 Å². The fraction of sp³-hybridized carbons (Fsp3) is 0.900. The smallest absolute Gasteiger partial charge is 0.155 e. The molecule has 2 rings (SSSR count). The highest BCUT2D eigenvalue weighted by Crippen LogP contribution is 2.65. The molecule has 0 aliphatic heterocycles. The van der Waals surface area contributed by atoms with Gasteiger partial charge in [0.05, 0.1) is 5.54 Å². The Hall–Kier alpha value is -0.410. The van der Waals surface area contributed by atoms with Crippen molar-refractivity contribution in [3.05, 3.63) is 0 Å². The number of hydroxylamine groups is 1. The zero-order valence-corrected chi connectivity index (χ0v) is 8.42. The van der Waals surface area contributed by atoms with Gasteiger partial charge in [-0.05, 0) is 30.6 Å². The number of carbonyl (C=O) groups is 1. The lowest BCUT2D eigenvalue weighted by Crippen LogP contribution is -2.50. The summed E-state index contributed by atoms with van der Waals surface area (Å²) in [5, 5.41) is 8.96. The number of hydrogen-bond acceptors (Lipinski definition) is 3. The predicted octanol–water partition coefficient (Wildman–Crippen LogP) is 1.36. The van der Waals surface area contributed by atoms with Crippen LogP contribution < -0.4 is 5.48 Å². The Morgan fingerprint density at radius 1 is 1.38 bits per heavy atom. The molecule has 0 heterocycles. The molecule has 0 amide bonds. The van der Waals surface area contributed by atoms with Crippen LogP contribution in [0.25, 0.3) is 0 Å². The molecule has 2 N–H and O–H groups in total. The summed E-state index contributed by atoms with van der Waals surface area (Å²) in [4.78, 5) is 11.6. The summed E-state index contributed by atoms with van der Waals surface area (Å²) < 4.78 is 0. The molecular formula is C10H17NO2. The number of rotatable bonds is 1. The molecule has 0 bridgehead atoms. The Bertz CT molecular complexity index is 262. The molecular weight excluding hydrogens is 166 g/mol. The second-order valence-electron chi connectivity index (χ2n) is 5.31. The van der Waals surface area contributed by atoms with E-state index in [0.717, 1.165) is 6.42 Å². The van der Waals surface area contributed by atoms with E-state index in [1.54, 1.807) is 6.92 Å². The summed E-state index contributed by atoms with van der Waals surface area (Å²) in [6.45, 7) is 6.21. The summed E-state index contributed by atoms with van der Waals surface area (Å²) >= 11 is 0. The maximum absolute atomic E-state index is 11.6. The van der Waals surface area contributed by atoms with Crippen LogP contribution in [0.1, 0.15) is 33.6 Å². The summed E-state index contributed by atoms with van der Waals surface area (Å²) in [7, 11) is 0. The van der Waals surface area contributed by atoms with Gasteiger partial charge < -0.3 is 5.21 Å². The monoisotopic (exact) mass is 183 g/mol. The molecule has 2 unspecified atom stereocenters. The Morgan fingerprint density at radius 3 is 2.54 bits per heavy atom. The largest absolute Gasteiger partial charge is 0.316 e. The van der Waals surface area contributed by atoms with Crippen LogP contribution in [0.2, 0.25) is 0 Å². The molecule has 0 aromatic heterocycles. The van der Waals surface area contributed by atoms with Crippen molar-refractivity contribution in [2.24, 2.45) is 17.3 Å². The number of Topliss-reactive ketones (excluding diaryl/α,β-unsaturated/α-hetero) is 1. The van der Waals surface area contributed by atoms with Gasteiger partial charge in [-0.1, -0.05) is 13.8 Å². The molecule has 13 heavy (non-hydrogen) atoms. The average Bonchev–Trinajstić information content (AvgIpc) is 2.56. The Balaban J connectivity index is 2.18. The molecule has 0 saturated heterocycles. The van der Waals surface area contributed by atoms with Gasteiger partial charge in [0, 0.05) is 6.42 Å². The first-order valence-corrected chi connectivity index (χ1v) is 4.86. The van der Waals surface area contributed by atoms with Gasteiger partial charge in [0.15, 0.2) is 5.78 Å². The van der Waals surface area contributed by atoms with Crippen molar-refractivity contribution >= 4 is 5.78 Å². The van der Waals surface area contributed by atoms with Gasteiger partial charge in [0.25, 0.3) is 0 Å². The fourth-order valence-electron chi connectivity index (χ4n) is 2.75. The van der Waals surface area contributed by atoms with Crippen LogP contribution in [0, 0.1) is 17.3 Å². The minimum atomic E-state index is -0.686. The molecule has 0 spiro atoms. The van der Waals surface area contributed by atoms with Crippen LogP contribution >= 0.6 is 0 Å². The highest BCUT2D eigenvalue weighted by atomic mass is 16.5. The molecule has 2 fully saturated rings. The summed E-state index contributed by atoms with van der Waals surface area (Å²) in [6, 6.07) is 0. The second-order valence-corrected chi connectivity index (χ2v) is 5.31. The molecule has 0 aromatic carbocycles. The fourth-order valence-corrected chi connectivity index (χ4v) is 2.75. The molecule has 0 aromatic rings. The molecule has 3 atom stereocenters. The number of fused-ring (bicyclic) bond motifs is 1. The molecule has 2 saturated carbocycles. The zero-order valence-electron chi connectivity index (χ0n) is 8.42. The van der Waals surface area contributed by atoms with Crippen LogP contribution in [-0.4, -0.2) is 16.5 Å². The van der Waals surface area contributed by atoms with E-state index in [9.17, 15) is 4.79 Å². The summed E-state index contributed by atoms with van der Waals surface area (Å²) in [5.41, 5.74) is 1.80. The molecule has 74 valence electrons. The van der Waals surface area contributed by atoms with Crippen LogP contribution in [0.15, 0.2) is 0 Å². The third-order valence-electron chi connectivity index (χ3n) is 4.18. The number of carbonyl (C=O) groups excluding carboxylic acids is 1. The van der Waals surface area contributed by atoms with E-state index in [-0.39, 0.29) is 5.78 Å². The first-order valence-electron chi connectivity index (χ1n) is 4.86. The van der Waals surface area contributed by atoms with Crippen molar-refractivity contribution in [3.63, 3.8) is 0 Å². The van der Waals surface area contributed by atoms with E-state index in [0.29, 0.717) is 23.7 Å². The van der Waals surface area contributed by atoms with Gasteiger partial charge >= 0.3 is 0 Å². The summed E-state index contributed by atoms with van der Waals surface area (Å²) in [6.07, 6.45) is 1.40. The Labute approximate surface area is 78.5 Å². The highest BCUT2D eigenvalue weighted by Gasteiger charge is 2.64. The first kappa shape index (κ1) is 9.16. The van der Waals surface area contributed by atoms with E-state index in [1.807, 2.05) is 0 Å². The van der Waals surface area contributed by atoms with Gasteiger partial charge in [-0.2, -0.15) is 5.48 Å². The minimum absolute atomic E-state index is 0.154. The Morgan fingerprint density at radius 2 is 2.00 bits per heavy atom. The predicted molar refractivity (Wildman–Crippen MR) is 48.3 cm³/mol. The number of nitrogens with one attached hydrogen (secondary N) is 1. The van der Waals surface area contributed by atoms with Gasteiger partial charge in [-0.3, -0.25) is 4.79 Å². The van der Waals surface area contributed by atoms with Crippen molar-refractivity contribution in [3.8, 4) is 0 Å². The van der Waals surface area contributed by atoms with Crippen molar-refractivity contribution in [2.75, 3.05) is 0 Å². The topological polar surface area (TPSA) is 49.3 Å². The zero-order chi connectivity index (χ0) is 9.85. The molecule has 3 nitrogen and oxygen atoms in total. The number of hydrogen-bond donors (Lipinski definition) is 2. The first-order chi connectivity index (χ1) is 5.92. The molecule has 0 radical (unpaired) electrons. The van der Waals surface area contributed by atoms with E-state index in [2.05, 4.69) is 19.3 Å². The molecule has 2 aliphatic carbocycles. The van der Waals surface area contributed by atoms with Gasteiger partial charge in [0.2, 0.25) is 0 Å². The lowest BCUT2D eigenvalue weighted by molar-refractivity contribution is -0.131. The average molecular weight is 183 g/mol. The standard InChI is InChI=1S/C10H17NO2/c1-9(2)6-4-8(12)10(3,11-13)5-7(6)9/h6-7,11,13H,4-5H2,1-3H3/t6?,7?,10-/m0/s1. The number of ketones is 1. The SMILES string of the molecule is CC1(C)C2CC(=O)[C@@](C)(NO)CC21. The van der Waals surface area contributed by atoms with E-state index >= 15 is 0 Å². The Kier molecular flexibility index (Phi) is 1.65. The highest BCUT2D eigenvalue weighted by molar-refractivity contribution is 5.89. The van der Waals surface area contributed by atoms with Crippen LogP contribution in [0.3, 0.4) is 0 Å². The normalized spacial score (nSPS) is 47.2. The minimum Gasteiger partial charge on any atom is -0.316 e. The second kappa shape index (κ2) is 2.34. The lowest BCUT2D eigenvalue weighted by Gasteiger charge is -2.29. The van der Waals surface area contributed by atoms with Gasteiger partial charge in [-0.25, -0.2) is 0 Å². The van der Waals surface area contributed by atoms with E-state index < -0.39 is 5.54 Å². The van der Waals surface area contributed by atoms with Gasteiger partial charge in [-0.15, -0.1) is 0 Å². The van der Waals surface area contributed by atoms with E-state index in [1.165, 1.54) is 0 Å². The van der Waals surface area contributed by atoms with Crippen LogP contribution in [-0.2, 0) is 4.79 Å². The van der Waals surface area contributed by atoms with Crippen LogP contribution in [0.4, 0.5) is 0 Å². The maximum Gasteiger partial charge on any atom is 0.155 e. The summed E-state index contributed by atoms with van der Waals surface area (Å²) in [5.74, 6) is 1.32. The molecule has 2 aliphatic rings. The third-order valence-corrected chi connectivity index (χ3v) is 4.18. The van der Waals surface area contributed by atoms with Gasteiger partial charge in [0.1, 0.15) is 0 Å². The maximum atomic E-state index is 11.6. The molecule has 3 heteroatoms. The van der Waals surface area contributed by atoms with E-state index in [4.69, 9.17) is 5.21 Å². The third kappa shape index (κ3) is 1.07.